The maximum absolute atomic E-state index is 12.7. The maximum Gasteiger partial charge on any atom is 0.255 e. The Balaban J connectivity index is 1.58. The number of hydrogen-bond acceptors (Lipinski definition) is 6. The number of anilines is 2. The second kappa shape index (κ2) is 8.43. The highest BCUT2D eigenvalue weighted by Crippen LogP contribution is 2.15. The smallest absolute Gasteiger partial charge is 0.255 e. The van der Waals surface area contributed by atoms with Gasteiger partial charge < -0.3 is 19.9 Å². The molecule has 132 valence electrons. The zero-order valence-electron chi connectivity index (χ0n) is 14.4. The lowest BCUT2D eigenvalue weighted by Crippen LogP contribution is -2.49. The van der Waals surface area contributed by atoms with Gasteiger partial charge in [-0.1, -0.05) is 6.07 Å². The van der Waals surface area contributed by atoms with Gasteiger partial charge in [0.2, 0.25) is 0 Å². The number of rotatable bonds is 6. The number of piperazine rings is 1. The first-order valence-corrected chi connectivity index (χ1v) is 8.41. The molecule has 0 unspecified atom stereocenters. The van der Waals surface area contributed by atoms with Crippen LogP contribution in [0.5, 0.6) is 0 Å². The molecule has 2 aromatic rings. The largest absolute Gasteiger partial charge is 0.383 e. The number of pyridine rings is 2. The van der Waals surface area contributed by atoms with Gasteiger partial charge in [-0.2, -0.15) is 0 Å². The summed E-state index contributed by atoms with van der Waals surface area (Å²) < 4.78 is 5.02. The Morgan fingerprint density at radius 1 is 1.24 bits per heavy atom. The Kier molecular flexibility index (Phi) is 5.79. The number of nitrogens with one attached hydrogen (secondary N) is 1. The molecule has 2 aromatic heterocycles. The summed E-state index contributed by atoms with van der Waals surface area (Å²) in [6.45, 7) is 4.20. The quantitative estimate of drug-likeness (QED) is 0.803. The van der Waals surface area contributed by atoms with Gasteiger partial charge in [0.25, 0.3) is 5.91 Å². The maximum atomic E-state index is 12.7. The van der Waals surface area contributed by atoms with Gasteiger partial charge in [-0.3, -0.25) is 9.78 Å². The van der Waals surface area contributed by atoms with Crippen molar-refractivity contribution in [1.29, 1.82) is 0 Å². The molecule has 0 radical (unpaired) electrons. The van der Waals surface area contributed by atoms with Crippen LogP contribution in [0.4, 0.5) is 11.5 Å². The molecule has 7 heteroatoms. The summed E-state index contributed by atoms with van der Waals surface area (Å²) in [5.41, 5.74) is 1.43. The standard InChI is InChI=1S/C18H23N5O2/c1-25-11-6-20-16-12-15(13-19-14-16)18(24)23-9-7-22(8-10-23)17-4-2-3-5-21-17/h2-5,12-14,20H,6-11H2,1H3. The predicted octanol–water partition coefficient (Wildman–Crippen LogP) is 1.50. The van der Waals surface area contributed by atoms with Crippen LogP contribution in [-0.2, 0) is 4.74 Å². The lowest BCUT2D eigenvalue weighted by molar-refractivity contribution is 0.0746. The van der Waals surface area contributed by atoms with Gasteiger partial charge >= 0.3 is 0 Å². The Morgan fingerprint density at radius 3 is 2.80 bits per heavy atom. The zero-order chi connectivity index (χ0) is 17.5. The normalized spacial score (nSPS) is 14.4. The molecule has 1 N–H and O–H groups in total. The van der Waals surface area contributed by atoms with E-state index >= 15 is 0 Å². The van der Waals surface area contributed by atoms with Crippen molar-refractivity contribution in [2.24, 2.45) is 0 Å². The van der Waals surface area contributed by atoms with E-state index in [9.17, 15) is 4.79 Å². The van der Waals surface area contributed by atoms with Crippen molar-refractivity contribution >= 4 is 17.4 Å². The van der Waals surface area contributed by atoms with Crippen molar-refractivity contribution < 1.29 is 9.53 Å². The number of carbonyl (C=O) groups excluding carboxylic acids is 1. The summed E-state index contributed by atoms with van der Waals surface area (Å²) >= 11 is 0. The number of aromatic nitrogens is 2. The minimum Gasteiger partial charge on any atom is -0.383 e. The number of amides is 1. The molecule has 0 bridgehead atoms. The molecule has 0 spiro atoms. The van der Waals surface area contributed by atoms with E-state index in [1.807, 2.05) is 29.2 Å². The molecular formula is C18H23N5O2. The molecule has 0 aromatic carbocycles. The Hall–Kier alpha value is -2.67. The van der Waals surface area contributed by atoms with Gasteiger partial charge in [0.05, 0.1) is 17.9 Å². The van der Waals surface area contributed by atoms with Crippen LogP contribution in [0.3, 0.4) is 0 Å². The van der Waals surface area contributed by atoms with Gasteiger partial charge in [0.15, 0.2) is 0 Å². The lowest BCUT2D eigenvalue weighted by atomic mass is 10.2. The van der Waals surface area contributed by atoms with E-state index in [0.717, 1.165) is 24.6 Å². The molecular weight excluding hydrogens is 318 g/mol. The minimum atomic E-state index is 0.0172. The molecule has 1 saturated heterocycles. The van der Waals surface area contributed by atoms with Crippen molar-refractivity contribution in [3.8, 4) is 0 Å². The highest BCUT2D eigenvalue weighted by Gasteiger charge is 2.23. The number of methoxy groups -OCH3 is 1. The summed E-state index contributed by atoms with van der Waals surface area (Å²) in [4.78, 5) is 25.3. The summed E-state index contributed by atoms with van der Waals surface area (Å²) in [6.07, 6.45) is 5.13. The van der Waals surface area contributed by atoms with Crippen molar-refractivity contribution in [1.82, 2.24) is 14.9 Å². The van der Waals surface area contributed by atoms with Crippen molar-refractivity contribution in [3.05, 3.63) is 48.4 Å². The molecule has 1 fully saturated rings. The highest BCUT2D eigenvalue weighted by atomic mass is 16.5. The minimum absolute atomic E-state index is 0.0172. The Bertz CT molecular complexity index is 687. The summed E-state index contributed by atoms with van der Waals surface area (Å²) in [7, 11) is 1.66. The summed E-state index contributed by atoms with van der Waals surface area (Å²) in [5, 5.41) is 3.20. The van der Waals surface area contributed by atoms with E-state index in [1.165, 1.54) is 0 Å². The third-order valence-electron chi connectivity index (χ3n) is 4.16. The fraction of sp³-hybridized carbons (Fsp3) is 0.389. The van der Waals surface area contributed by atoms with Crippen molar-refractivity contribution in [2.45, 2.75) is 0 Å². The topological polar surface area (TPSA) is 70.6 Å². The van der Waals surface area contributed by atoms with Crippen molar-refractivity contribution in [3.63, 3.8) is 0 Å². The average Bonchev–Trinajstić information content (AvgIpc) is 2.69. The fourth-order valence-corrected chi connectivity index (χ4v) is 2.81. The number of ether oxygens (including phenoxy) is 1. The summed E-state index contributed by atoms with van der Waals surface area (Å²) in [5.74, 6) is 0.976. The van der Waals surface area contributed by atoms with Gasteiger partial charge in [-0.15, -0.1) is 0 Å². The number of nitrogens with zero attached hydrogens (tertiary/aromatic N) is 4. The van der Waals surface area contributed by atoms with Gasteiger partial charge in [0.1, 0.15) is 5.82 Å². The predicted molar refractivity (Wildman–Crippen MR) is 97.0 cm³/mol. The molecule has 1 amide bonds. The van der Waals surface area contributed by atoms with Crippen LogP contribution in [-0.4, -0.2) is 67.2 Å². The van der Waals surface area contributed by atoms with Gasteiger partial charge in [0, 0.05) is 58.4 Å². The van der Waals surface area contributed by atoms with Crippen LogP contribution in [0, 0.1) is 0 Å². The molecule has 7 nitrogen and oxygen atoms in total. The Morgan fingerprint density at radius 2 is 2.08 bits per heavy atom. The van der Waals surface area contributed by atoms with Crippen LogP contribution < -0.4 is 10.2 Å². The van der Waals surface area contributed by atoms with Crippen LogP contribution in [0.1, 0.15) is 10.4 Å². The van der Waals surface area contributed by atoms with E-state index in [2.05, 4.69) is 20.2 Å². The third-order valence-corrected chi connectivity index (χ3v) is 4.16. The Labute approximate surface area is 147 Å². The molecule has 3 heterocycles. The second-order valence-electron chi connectivity index (χ2n) is 5.85. The van der Waals surface area contributed by atoms with Crippen LogP contribution in [0.15, 0.2) is 42.9 Å². The van der Waals surface area contributed by atoms with Crippen LogP contribution in [0.2, 0.25) is 0 Å². The van der Waals surface area contributed by atoms with E-state index in [0.29, 0.717) is 31.8 Å². The third kappa shape index (κ3) is 4.45. The zero-order valence-corrected chi connectivity index (χ0v) is 14.4. The number of carbonyl (C=O) groups is 1. The van der Waals surface area contributed by atoms with Crippen LogP contribution >= 0.6 is 0 Å². The molecule has 1 aliphatic rings. The lowest BCUT2D eigenvalue weighted by Gasteiger charge is -2.35. The first kappa shape index (κ1) is 17.2. The van der Waals surface area contributed by atoms with E-state index in [1.54, 1.807) is 25.7 Å². The number of hydrogen-bond donors (Lipinski definition) is 1. The fourth-order valence-electron chi connectivity index (χ4n) is 2.81. The summed E-state index contributed by atoms with van der Waals surface area (Å²) in [6, 6.07) is 7.73. The molecule has 25 heavy (non-hydrogen) atoms. The molecule has 1 aliphatic heterocycles. The van der Waals surface area contributed by atoms with Crippen molar-refractivity contribution in [2.75, 3.05) is 56.7 Å². The van der Waals surface area contributed by atoms with Crippen LogP contribution in [0.25, 0.3) is 0 Å². The first-order valence-electron chi connectivity index (χ1n) is 8.41. The molecule has 0 saturated carbocycles. The second-order valence-corrected chi connectivity index (χ2v) is 5.85. The first-order chi connectivity index (χ1) is 12.3. The van der Waals surface area contributed by atoms with Gasteiger partial charge in [-0.25, -0.2) is 4.98 Å². The van der Waals surface area contributed by atoms with E-state index < -0.39 is 0 Å². The molecule has 0 aliphatic carbocycles. The SMILES string of the molecule is COCCNc1cncc(C(=O)N2CCN(c3ccccn3)CC2)c1. The highest BCUT2D eigenvalue weighted by molar-refractivity contribution is 5.94. The molecule has 0 atom stereocenters. The average molecular weight is 341 g/mol. The van der Waals surface area contributed by atoms with Gasteiger partial charge in [-0.05, 0) is 18.2 Å². The monoisotopic (exact) mass is 341 g/mol. The van der Waals surface area contributed by atoms with E-state index in [4.69, 9.17) is 4.74 Å². The van der Waals surface area contributed by atoms with E-state index in [-0.39, 0.29) is 5.91 Å². The molecule has 3 rings (SSSR count).